The van der Waals surface area contributed by atoms with Crippen molar-refractivity contribution in [2.45, 2.75) is 0 Å². The third-order valence-corrected chi connectivity index (χ3v) is 7.57. The Morgan fingerprint density at radius 3 is 2.51 bits per heavy atom. The normalized spacial score (nSPS) is 13.4. The maximum absolute atomic E-state index is 14.0. The summed E-state index contributed by atoms with van der Waals surface area (Å²) in [6, 6.07) is 18.2. The van der Waals surface area contributed by atoms with E-state index in [0.717, 1.165) is 37.9 Å². The summed E-state index contributed by atoms with van der Waals surface area (Å²) in [6.45, 7) is 7.29. The van der Waals surface area contributed by atoms with Crippen molar-refractivity contribution in [2.75, 3.05) is 55.9 Å². The minimum Gasteiger partial charge on any atom is -0.494 e. The van der Waals surface area contributed by atoms with Gasteiger partial charge < -0.3 is 25.2 Å². The lowest BCUT2D eigenvalue weighted by Gasteiger charge is -2.34. The molecule has 3 heterocycles. The van der Waals surface area contributed by atoms with Gasteiger partial charge in [0, 0.05) is 49.2 Å². The highest BCUT2D eigenvalue weighted by Crippen LogP contribution is 2.32. The second-order valence-corrected chi connectivity index (χ2v) is 10.6. The molecule has 1 fully saturated rings. The van der Waals surface area contributed by atoms with E-state index < -0.39 is 17.3 Å². The van der Waals surface area contributed by atoms with Crippen LogP contribution >= 0.6 is 0 Å². The zero-order valence-electron chi connectivity index (χ0n) is 24.8. The lowest BCUT2D eigenvalue weighted by atomic mass is 10.1. The molecule has 0 spiro atoms. The van der Waals surface area contributed by atoms with Gasteiger partial charge in [-0.15, -0.1) is 0 Å². The Morgan fingerprint density at radius 1 is 1.00 bits per heavy atom. The van der Waals surface area contributed by atoms with E-state index in [1.807, 2.05) is 18.2 Å². The number of hydrogen-bond donors (Lipinski definition) is 2. The molecule has 0 atom stereocenters. The highest BCUT2D eigenvalue weighted by atomic mass is 19.1. The molecular formula is C33H31FN8O3. The molecule has 0 unspecified atom stereocenters. The summed E-state index contributed by atoms with van der Waals surface area (Å²) >= 11 is 0. The van der Waals surface area contributed by atoms with Crippen LogP contribution in [0, 0.1) is 5.82 Å². The molecule has 1 saturated heterocycles. The van der Waals surface area contributed by atoms with Crippen LogP contribution in [-0.4, -0.2) is 70.7 Å². The highest BCUT2D eigenvalue weighted by Gasteiger charge is 2.19. The van der Waals surface area contributed by atoms with Crippen molar-refractivity contribution in [1.29, 1.82) is 0 Å². The van der Waals surface area contributed by atoms with Gasteiger partial charge in [0.2, 0.25) is 11.9 Å². The van der Waals surface area contributed by atoms with Gasteiger partial charge in [-0.1, -0.05) is 12.6 Å². The number of hydrogen-bond acceptors (Lipinski definition) is 9. The fourth-order valence-electron chi connectivity index (χ4n) is 5.16. The van der Waals surface area contributed by atoms with Crippen LogP contribution in [0.3, 0.4) is 0 Å². The quantitative estimate of drug-likeness (QED) is 0.244. The predicted molar refractivity (Wildman–Crippen MR) is 173 cm³/mol. The minimum absolute atomic E-state index is 0.0912. The molecule has 1 aliphatic heterocycles. The Morgan fingerprint density at radius 2 is 1.78 bits per heavy atom. The lowest BCUT2D eigenvalue weighted by molar-refractivity contribution is -0.111. The average Bonchev–Trinajstić information content (AvgIpc) is 3.05. The van der Waals surface area contributed by atoms with E-state index in [0.29, 0.717) is 33.9 Å². The van der Waals surface area contributed by atoms with Gasteiger partial charge in [-0.05, 0) is 67.7 Å². The van der Waals surface area contributed by atoms with Gasteiger partial charge in [-0.25, -0.2) is 14.4 Å². The van der Waals surface area contributed by atoms with Crippen LogP contribution in [0.4, 0.5) is 27.4 Å². The number of fused-ring (bicyclic) bond motifs is 1. The summed E-state index contributed by atoms with van der Waals surface area (Å²) < 4.78 is 20.8. The summed E-state index contributed by atoms with van der Waals surface area (Å²) in [5.74, 6) is 0.000701. The topological polar surface area (TPSA) is 118 Å². The molecule has 11 nitrogen and oxygen atoms in total. The smallest absolute Gasteiger partial charge is 0.283 e. The first-order valence-electron chi connectivity index (χ1n) is 14.3. The van der Waals surface area contributed by atoms with Crippen molar-refractivity contribution in [3.8, 4) is 22.7 Å². The van der Waals surface area contributed by atoms with Crippen LogP contribution < -0.4 is 25.8 Å². The summed E-state index contributed by atoms with van der Waals surface area (Å²) in [5, 5.41) is 5.94. The number of piperazine rings is 1. The molecular weight excluding hydrogens is 575 g/mol. The maximum Gasteiger partial charge on any atom is 0.283 e. The number of ether oxygens (including phenoxy) is 1. The van der Waals surface area contributed by atoms with Crippen molar-refractivity contribution < 1.29 is 13.9 Å². The van der Waals surface area contributed by atoms with Gasteiger partial charge in [-0.2, -0.15) is 4.98 Å². The fourth-order valence-corrected chi connectivity index (χ4v) is 5.16. The number of anilines is 4. The Labute approximate surface area is 258 Å². The molecule has 0 bridgehead atoms. The molecule has 0 radical (unpaired) electrons. The standard InChI is InChI=1S/C33H31FN8O3/c1-4-29(43)36-23-6-5-7-25(18-23)42-31-27(37-30(32(42)44)21-8-10-22(34)11-9-21)20-35-33(39-31)38-26-13-12-24(19-28(26)45-3)41-16-14-40(2)15-17-41/h4-13,18-20H,1,14-17H2,2-3H3,(H,36,43)(H,35,38,39). The highest BCUT2D eigenvalue weighted by molar-refractivity contribution is 5.99. The number of halogens is 1. The molecule has 2 N–H and O–H groups in total. The molecule has 1 amide bonds. The molecule has 6 rings (SSSR count). The van der Waals surface area contributed by atoms with E-state index in [1.54, 1.807) is 31.4 Å². The predicted octanol–water partition coefficient (Wildman–Crippen LogP) is 4.61. The molecule has 1 aliphatic rings. The monoisotopic (exact) mass is 606 g/mol. The molecule has 228 valence electrons. The first-order valence-corrected chi connectivity index (χ1v) is 14.3. The number of rotatable bonds is 8. The second-order valence-electron chi connectivity index (χ2n) is 10.6. The van der Waals surface area contributed by atoms with Crippen LogP contribution in [0.2, 0.25) is 0 Å². The van der Waals surface area contributed by atoms with Crippen LogP contribution in [0.25, 0.3) is 28.1 Å². The number of carbonyl (C=O) groups excluding carboxylic acids is 1. The van der Waals surface area contributed by atoms with Crippen LogP contribution in [0.5, 0.6) is 5.75 Å². The van der Waals surface area contributed by atoms with Crippen molar-refractivity contribution in [1.82, 2.24) is 24.4 Å². The average molecular weight is 607 g/mol. The van der Waals surface area contributed by atoms with Crippen molar-refractivity contribution in [2.24, 2.45) is 0 Å². The third-order valence-electron chi connectivity index (χ3n) is 7.57. The first kappa shape index (κ1) is 29.5. The molecule has 0 aliphatic carbocycles. The SMILES string of the molecule is C=CC(=O)Nc1cccc(-n2c(=O)c(-c3ccc(F)cc3)nc3cnc(Nc4ccc(N5CCN(C)CC5)cc4OC)nc32)c1. The number of nitrogens with zero attached hydrogens (tertiary/aromatic N) is 6. The second kappa shape index (κ2) is 12.5. The number of likely N-dealkylation sites (N-methyl/N-ethyl adjacent to an activating group) is 1. The number of amides is 1. The first-order chi connectivity index (χ1) is 21.8. The number of carbonyl (C=O) groups is 1. The third kappa shape index (κ3) is 6.22. The largest absolute Gasteiger partial charge is 0.494 e. The summed E-state index contributed by atoms with van der Waals surface area (Å²) in [5.41, 5.74) is 3.18. The lowest BCUT2D eigenvalue weighted by Crippen LogP contribution is -2.44. The maximum atomic E-state index is 14.0. The zero-order chi connectivity index (χ0) is 31.5. The minimum atomic E-state index is -0.486. The summed E-state index contributed by atoms with van der Waals surface area (Å²) in [6.07, 6.45) is 2.67. The molecule has 45 heavy (non-hydrogen) atoms. The molecule has 3 aromatic carbocycles. The van der Waals surface area contributed by atoms with Gasteiger partial charge in [-0.3, -0.25) is 14.2 Å². The Kier molecular flexibility index (Phi) is 8.21. The zero-order valence-corrected chi connectivity index (χ0v) is 24.8. The van der Waals surface area contributed by atoms with Gasteiger partial charge >= 0.3 is 0 Å². The summed E-state index contributed by atoms with van der Waals surface area (Å²) in [7, 11) is 3.72. The number of nitrogens with one attached hydrogen (secondary N) is 2. The fraction of sp³-hybridized carbons (Fsp3) is 0.182. The number of benzene rings is 3. The summed E-state index contributed by atoms with van der Waals surface area (Å²) in [4.78, 5) is 44.4. The van der Waals surface area contributed by atoms with Crippen LogP contribution in [0.1, 0.15) is 0 Å². The van der Waals surface area contributed by atoms with E-state index in [-0.39, 0.29) is 17.3 Å². The Hall–Kier alpha value is -5.62. The molecule has 2 aromatic heterocycles. The van der Waals surface area contributed by atoms with E-state index in [1.165, 1.54) is 35.0 Å². The van der Waals surface area contributed by atoms with E-state index in [9.17, 15) is 14.0 Å². The van der Waals surface area contributed by atoms with Gasteiger partial charge in [0.25, 0.3) is 5.56 Å². The number of methoxy groups -OCH3 is 1. The van der Waals surface area contributed by atoms with Crippen molar-refractivity contribution >= 4 is 40.1 Å². The van der Waals surface area contributed by atoms with Crippen molar-refractivity contribution in [3.63, 3.8) is 0 Å². The Bertz CT molecular complexity index is 1950. The van der Waals surface area contributed by atoms with Crippen LogP contribution in [-0.2, 0) is 4.79 Å². The molecule has 12 heteroatoms. The van der Waals surface area contributed by atoms with E-state index >= 15 is 0 Å². The van der Waals surface area contributed by atoms with Crippen LogP contribution in [0.15, 0.2) is 90.4 Å². The van der Waals surface area contributed by atoms with E-state index in [4.69, 9.17) is 9.72 Å². The van der Waals surface area contributed by atoms with E-state index in [2.05, 4.69) is 44.0 Å². The molecule has 5 aromatic rings. The Balaban J connectivity index is 1.43. The van der Waals surface area contributed by atoms with Gasteiger partial charge in [0.1, 0.15) is 22.8 Å². The number of aromatic nitrogens is 4. The van der Waals surface area contributed by atoms with Gasteiger partial charge in [0.15, 0.2) is 5.65 Å². The molecule has 0 saturated carbocycles. The van der Waals surface area contributed by atoms with Gasteiger partial charge in [0.05, 0.1) is 24.7 Å². The van der Waals surface area contributed by atoms with Crippen molar-refractivity contribution in [3.05, 3.63) is 102 Å².